The van der Waals surface area contributed by atoms with Crippen LogP contribution in [0.2, 0.25) is 0 Å². The van der Waals surface area contributed by atoms with E-state index >= 15 is 0 Å². The maximum Gasteiger partial charge on any atom is 0.242 e. The van der Waals surface area contributed by atoms with Crippen molar-refractivity contribution < 1.29 is 4.79 Å². The summed E-state index contributed by atoms with van der Waals surface area (Å²) >= 11 is 0. The molecule has 100 valence electrons. The Kier molecular flexibility index (Phi) is 5.07. The maximum atomic E-state index is 11.8. The van der Waals surface area contributed by atoms with Gasteiger partial charge in [-0.2, -0.15) is 0 Å². The van der Waals surface area contributed by atoms with Gasteiger partial charge in [-0.25, -0.2) is 9.97 Å². The number of hydrogen-bond acceptors (Lipinski definition) is 4. The molecule has 1 rings (SSSR count). The molecule has 1 aromatic heterocycles. The van der Waals surface area contributed by atoms with Gasteiger partial charge >= 0.3 is 0 Å². The van der Waals surface area contributed by atoms with E-state index in [1.807, 2.05) is 26.8 Å². The van der Waals surface area contributed by atoms with Crippen molar-refractivity contribution in [2.24, 2.45) is 0 Å². The zero-order valence-electron chi connectivity index (χ0n) is 11.7. The lowest BCUT2D eigenvalue weighted by atomic mass is 10.1. The Balaban J connectivity index is 2.66. The predicted octanol–water partition coefficient (Wildman–Crippen LogP) is 1.92. The van der Waals surface area contributed by atoms with Gasteiger partial charge in [-0.15, -0.1) is 0 Å². The van der Waals surface area contributed by atoms with Gasteiger partial charge in [0.05, 0.1) is 0 Å². The summed E-state index contributed by atoms with van der Waals surface area (Å²) in [6, 6.07) is 1.70. The smallest absolute Gasteiger partial charge is 0.242 e. The topological polar surface area (TPSA) is 66.9 Å². The minimum Gasteiger partial charge on any atom is -0.359 e. The van der Waals surface area contributed by atoms with Gasteiger partial charge in [0, 0.05) is 17.8 Å². The Hall–Kier alpha value is -1.65. The van der Waals surface area contributed by atoms with Crippen LogP contribution in [0.4, 0.5) is 5.82 Å². The summed E-state index contributed by atoms with van der Waals surface area (Å²) in [5.74, 6) is 0.989. The first-order valence-corrected chi connectivity index (χ1v) is 6.29. The molecular weight excluding hydrogens is 228 g/mol. The molecule has 18 heavy (non-hydrogen) atoms. The summed E-state index contributed by atoms with van der Waals surface area (Å²) < 4.78 is 0. The van der Waals surface area contributed by atoms with Crippen LogP contribution in [0.5, 0.6) is 0 Å². The van der Waals surface area contributed by atoms with Gasteiger partial charge in [0.1, 0.15) is 18.2 Å². The van der Waals surface area contributed by atoms with Crippen LogP contribution in [0.25, 0.3) is 0 Å². The molecule has 5 heteroatoms. The molecule has 0 fully saturated rings. The van der Waals surface area contributed by atoms with Crippen molar-refractivity contribution in [3.05, 3.63) is 18.1 Å². The monoisotopic (exact) mass is 250 g/mol. The number of carbonyl (C=O) groups is 1. The van der Waals surface area contributed by atoms with Crippen LogP contribution in [0.15, 0.2) is 12.4 Å². The second-order valence-corrected chi connectivity index (χ2v) is 5.01. The van der Waals surface area contributed by atoms with Gasteiger partial charge in [0.15, 0.2) is 0 Å². The van der Waals surface area contributed by atoms with Gasteiger partial charge in [0.2, 0.25) is 5.91 Å². The molecule has 0 saturated heterocycles. The summed E-state index contributed by atoms with van der Waals surface area (Å²) in [4.78, 5) is 20.1. The molecular formula is C13H22N4O. The lowest BCUT2D eigenvalue weighted by molar-refractivity contribution is -0.122. The lowest BCUT2D eigenvalue weighted by Gasteiger charge is -2.17. The van der Waals surface area contributed by atoms with E-state index in [9.17, 15) is 4.79 Å². The number of hydrogen-bond donors (Lipinski definition) is 2. The number of aromatic nitrogens is 2. The Morgan fingerprint density at radius 1 is 1.17 bits per heavy atom. The zero-order valence-corrected chi connectivity index (χ0v) is 11.7. The first-order valence-electron chi connectivity index (χ1n) is 6.29. The quantitative estimate of drug-likeness (QED) is 0.838. The second-order valence-electron chi connectivity index (χ2n) is 5.01. The van der Waals surface area contributed by atoms with Crippen LogP contribution >= 0.6 is 0 Å². The van der Waals surface area contributed by atoms with Crippen molar-refractivity contribution in [2.45, 2.75) is 52.6 Å². The van der Waals surface area contributed by atoms with Gasteiger partial charge in [0.25, 0.3) is 0 Å². The lowest BCUT2D eigenvalue weighted by Crippen LogP contribution is -2.41. The van der Waals surface area contributed by atoms with Crippen LogP contribution in [0, 0.1) is 0 Å². The molecule has 1 aromatic rings. The summed E-state index contributed by atoms with van der Waals surface area (Å²) in [7, 11) is 0. The predicted molar refractivity (Wildman–Crippen MR) is 72.5 cm³/mol. The fourth-order valence-electron chi connectivity index (χ4n) is 1.46. The minimum atomic E-state index is -0.317. The standard InChI is InChI=1S/C13H22N4O/c1-8(2)11-6-12(15-7-14-11)17-10(5)13(18)16-9(3)4/h6-10H,1-5H3,(H,16,18)(H,14,15,17). The van der Waals surface area contributed by atoms with Gasteiger partial charge in [-0.3, -0.25) is 4.79 Å². The van der Waals surface area contributed by atoms with Crippen molar-refractivity contribution in [3.63, 3.8) is 0 Å². The molecule has 1 atom stereocenters. The van der Waals surface area contributed by atoms with E-state index in [-0.39, 0.29) is 18.0 Å². The zero-order chi connectivity index (χ0) is 13.7. The molecule has 0 aliphatic rings. The third-order valence-electron chi connectivity index (χ3n) is 2.47. The molecule has 1 heterocycles. The van der Waals surface area contributed by atoms with E-state index < -0.39 is 0 Å². The number of anilines is 1. The normalized spacial score (nSPS) is 12.6. The summed E-state index contributed by atoms with van der Waals surface area (Å²) in [5, 5.41) is 5.93. The fourth-order valence-corrected chi connectivity index (χ4v) is 1.46. The van der Waals surface area contributed by atoms with Crippen LogP contribution < -0.4 is 10.6 Å². The molecule has 0 radical (unpaired) electrons. The number of amides is 1. The van der Waals surface area contributed by atoms with Crippen LogP contribution in [-0.2, 0) is 4.79 Å². The number of nitrogens with zero attached hydrogens (tertiary/aromatic N) is 2. The molecule has 5 nitrogen and oxygen atoms in total. The Labute approximate surface area is 108 Å². The first-order chi connectivity index (χ1) is 8.40. The van der Waals surface area contributed by atoms with E-state index in [2.05, 4.69) is 34.4 Å². The molecule has 0 aromatic carbocycles. The van der Waals surface area contributed by atoms with Crippen molar-refractivity contribution >= 4 is 11.7 Å². The van der Waals surface area contributed by atoms with Crippen LogP contribution in [0.3, 0.4) is 0 Å². The van der Waals surface area contributed by atoms with Crippen LogP contribution in [-0.4, -0.2) is 28.0 Å². The fraction of sp³-hybridized carbons (Fsp3) is 0.615. The van der Waals surface area contributed by atoms with E-state index in [1.54, 1.807) is 0 Å². The van der Waals surface area contributed by atoms with E-state index in [0.717, 1.165) is 5.69 Å². The Bertz CT molecular complexity index is 404. The summed E-state index contributed by atoms with van der Waals surface area (Å²) in [5.41, 5.74) is 0.962. The summed E-state index contributed by atoms with van der Waals surface area (Å²) in [6.07, 6.45) is 1.52. The molecule has 0 aliphatic carbocycles. The molecule has 0 aliphatic heterocycles. The highest BCUT2D eigenvalue weighted by atomic mass is 16.2. The van der Waals surface area contributed by atoms with Crippen molar-refractivity contribution in [1.29, 1.82) is 0 Å². The SMILES string of the molecule is CC(C)NC(=O)C(C)Nc1cc(C(C)C)ncn1. The van der Waals surface area contributed by atoms with Crippen LogP contribution in [0.1, 0.15) is 46.2 Å². The molecule has 2 N–H and O–H groups in total. The number of nitrogens with one attached hydrogen (secondary N) is 2. The number of rotatable bonds is 5. The van der Waals surface area contributed by atoms with Crippen molar-refractivity contribution in [2.75, 3.05) is 5.32 Å². The summed E-state index contributed by atoms with van der Waals surface area (Å²) in [6.45, 7) is 9.83. The van der Waals surface area contributed by atoms with Crippen molar-refractivity contribution in [3.8, 4) is 0 Å². The minimum absolute atomic E-state index is 0.0327. The molecule has 0 spiro atoms. The first kappa shape index (κ1) is 14.4. The highest BCUT2D eigenvalue weighted by molar-refractivity contribution is 5.84. The third kappa shape index (κ3) is 4.31. The van der Waals surface area contributed by atoms with Crippen molar-refractivity contribution in [1.82, 2.24) is 15.3 Å². The average molecular weight is 250 g/mol. The van der Waals surface area contributed by atoms with Gasteiger partial charge in [-0.05, 0) is 26.7 Å². The average Bonchev–Trinajstić information content (AvgIpc) is 2.28. The van der Waals surface area contributed by atoms with E-state index in [0.29, 0.717) is 11.7 Å². The van der Waals surface area contributed by atoms with Gasteiger partial charge < -0.3 is 10.6 Å². The number of carbonyl (C=O) groups excluding carboxylic acids is 1. The highest BCUT2D eigenvalue weighted by Crippen LogP contribution is 2.14. The molecule has 0 bridgehead atoms. The van der Waals surface area contributed by atoms with Gasteiger partial charge in [-0.1, -0.05) is 13.8 Å². The largest absolute Gasteiger partial charge is 0.359 e. The molecule has 1 amide bonds. The highest BCUT2D eigenvalue weighted by Gasteiger charge is 2.14. The maximum absolute atomic E-state index is 11.8. The Morgan fingerprint density at radius 2 is 1.83 bits per heavy atom. The second kappa shape index (κ2) is 6.33. The Morgan fingerprint density at radius 3 is 2.39 bits per heavy atom. The van der Waals surface area contributed by atoms with E-state index in [4.69, 9.17) is 0 Å². The third-order valence-corrected chi connectivity index (χ3v) is 2.47. The van der Waals surface area contributed by atoms with E-state index in [1.165, 1.54) is 6.33 Å². The molecule has 1 unspecified atom stereocenters. The molecule has 0 saturated carbocycles.